The van der Waals surface area contributed by atoms with Gasteiger partial charge in [0, 0.05) is 20.7 Å². The van der Waals surface area contributed by atoms with Gasteiger partial charge in [-0.15, -0.1) is 11.8 Å². The molecule has 0 unspecified atom stereocenters. The predicted octanol–water partition coefficient (Wildman–Crippen LogP) is 5.68. The Morgan fingerprint density at radius 1 is 1.00 bits per heavy atom. The smallest absolute Gasteiger partial charge is 0.205 e. The van der Waals surface area contributed by atoms with E-state index in [9.17, 15) is 8.78 Å². The van der Waals surface area contributed by atoms with Gasteiger partial charge in [0.2, 0.25) is 0 Å². The highest BCUT2D eigenvalue weighted by atomic mass is 79.9. The van der Waals surface area contributed by atoms with Gasteiger partial charge < -0.3 is 0 Å². The Kier molecular flexibility index (Phi) is 4.78. The topological polar surface area (TPSA) is 0 Å². The highest BCUT2D eigenvalue weighted by Crippen LogP contribution is 2.37. The number of hydrogen-bond acceptors (Lipinski definition) is 1. The molecule has 0 saturated heterocycles. The van der Waals surface area contributed by atoms with Crippen molar-refractivity contribution in [3.63, 3.8) is 0 Å². The van der Waals surface area contributed by atoms with Gasteiger partial charge >= 0.3 is 0 Å². The fourth-order valence-electron chi connectivity index (χ4n) is 1.59. The summed E-state index contributed by atoms with van der Waals surface area (Å²) >= 11 is 4.61. The van der Waals surface area contributed by atoms with Crippen LogP contribution in [0.3, 0.4) is 0 Å². The van der Waals surface area contributed by atoms with Crippen LogP contribution in [0.25, 0.3) is 0 Å². The lowest BCUT2D eigenvalue weighted by Gasteiger charge is -2.10. The second-order valence-electron chi connectivity index (χ2n) is 3.73. The van der Waals surface area contributed by atoms with E-state index in [-0.39, 0.29) is 5.56 Å². The van der Waals surface area contributed by atoms with Crippen LogP contribution < -0.4 is 0 Å². The molecule has 18 heavy (non-hydrogen) atoms. The van der Waals surface area contributed by atoms with Crippen molar-refractivity contribution in [3.05, 3.63) is 64.1 Å². The summed E-state index contributed by atoms with van der Waals surface area (Å²) in [6.07, 6.45) is -2.46. The van der Waals surface area contributed by atoms with Crippen LogP contribution in [0.1, 0.15) is 17.6 Å². The molecule has 0 spiro atoms. The van der Waals surface area contributed by atoms with Crippen molar-refractivity contribution in [3.8, 4) is 0 Å². The third-order valence-corrected chi connectivity index (χ3v) is 4.30. The first-order chi connectivity index (χ1) is 8.68. The van der Waals surface area contributed by atoms with Crippen molar-refractivity contribution in [2.75, 3.05) is 0 Å². The summed E-state index contributed by atoms with van der Waals surface area (Å²) in [4.78, 5) is 0.628. The normalized spacial score (nSPS) is 10.9. The molecule has 94 valence electrons. The summed E-state index contributed by atoms with van der Waals surface area (Å²) in [7, 11) is 0. The van der Waals surface area contributed by atoms with Crippen LogP contribution in [0.2, 0.25) is 0 Å². The van der Waals surface area contributed by atoms with Crippen molar-refractivity contribution >= 4 is 27.7 Å². The van der Waals surface area contributed by atoms with Gasteiger partial charge in [-0.2, -0.15) is 0 Å². The van der Waals surface area contributed by atoms with Gasteiger partial charge in [-0.25, -0.2) is 8.78 Å². The minimum Gasteiger partial charge on any atom is -0.205 e. The van der Waals surface area contributed by atoms with Gasteiger partial charge in [0.1, 0.15) is 0 Å². The summed E-state index contributed by atoms with van der Waals surface area (Å²) in [6.45, 7) is 0. The first kappa shape index (κ1) is 13.6. The van der Waals surface area contributed by atoms with Crippen LogP contribution in [0, 0.1) is 0 Å². The molecular weight excluding hydrogens is 318 g/mol. The van der Waals surface area contributed by atoms with E-state index >= 15 is 0 Å². The van der Waals surface area contributed by atoms with E-state index in [1.54, 1.807) is 18.2 Å². The van der Waals surface area contributed by atoms with Gasteiger partial charge in [-0.3, -0.25) is 0 Å². The summed E-state index contributed by atoms with van der Waals surface area (Å²) in [6, 6.07) is 15.0. The maximum absolute atomic E-state index is 13.0. The fraction of sp³-hybridized carbons (Fsp3) is 0.143. The quantitative estimate of drug-likeness (QED) is 0.650. The van der Waals surface area contributed by atoms with Crippen molar-refractivity contribution in [2.45, 2.75) is 17.1 Å². The molecule has 0 bridgehead atoms. The number of halogens is 3. The van der Waals surface area contributed by atoms with Gasteiger partial charge in [-0.1, -0.05) is 52.3 Å². The molecule has 4 heteroatoms. The molecule has 0 atom stereocenters. The second-order valence-corrected chi connectivity index (χ2v) is 5.60. The molecule has 0 radical (unpaired) electrons. The Bertz CT molecular complexity index is 514. The van der Waals surface area contributed by atoms with Crippen molar-refractivity contribution in [2.24, 2.45) is 0 Å². The maximum atomic E-state index is 13.0. The number of alkyl halides is 2. The van der Waals surface area contributed by atoms with Crippen LogP contribution in [0.5, 0.6) is 0 Å². The Morgan fingerprint density at radius 2 is 1.72 bits per heavy atom. The van der Waals surface area contributed by atoms with E-state index in [0.717, 1.165) is 5.56 Å². The Labute approximate surface area is 118 Å². The molecule has 0 heterocycles. The number of thioether (sulfide) groups is 1. The lowest BCUT2D eigenvalue weighted by atomic mass is 10.2. The van der Waals surface area contributed by atoms with Crippen LogP contribution in [-0.4, -0.2) is 0 Å². The average Bonchev–Trinajstić information content (AvgIpc) is 2.37. The summed E-state index contributed by atoms with van der Waals surface area (Å²) in [5, 5.41) is 0. The highest BCUT2D eigenvalue weighted by Gasteiger charge is 2.16. The first-order valence-electron chi connectivity index (χ1n) is 5.42. The van der Waals surface area contributed by atoms with Crippen molar-refractivity contribution in [1.29, 1.82) is 0 Å². The van der Waals surface area contributed by atoms with E-state index in [1.165, 1.54) is 11.8 Å². The standard InChI is InChI=1S/C14H11BrF2S/c15-11-7-4-8-12(13(11)14(16)17)18-9-10-5-2-1-3-6-10/h1-8,14H,9H2. The fourth-order valence-corrected chi connectivity index (χ4v) is 3.30. The maximum Gasteiger partial charge on any atom is 0.266 e. The van der Waals surface area contributed by atoms with E-state index in [1.807, 2.05) is 30.3 Å². The molecule has 0 nitrogen and oxygen atoms in total. The Hall–Kier alpha value is -0.870. The molecule has 0 aliphatic rings. The largest absolute Gasteiger partial charge is 0.266 e. The summed E-state index contributed by atoms with van der Waals surface area (Å²) in [5.74, 6) is 0.691. The molecule has 0 saturated carbocycles. The molecule has 2 aromatic rings. The van der Waals surface area contributed by atoms with Crippen LogP contribution >= 0.6 is 27.7 Å². The van der Waals surface area contributed by atoms with Gasteiger partial charge in [0.15, 0.2) is 0 Å². The van der Waals surface area contributed by atoms with E-state index in [4.69, 9.17) is 0 Å². The lowest BCUT2D eigenvalue weighted by molar-refractivity contribution is 0.147. The monoisotopic (exact) mass is 328 g/mol. The molecule has 2 rings (SSSR count). The van der Waals surface area contributed by atoms with Crippen molar-refractivity contribution < 1.29 is 8.78 Å². The average molecular weight is 329 g/mol. The molecule has 0 aliphatic carbocycles. The van der Waals surface area contributed by atoms with Crippen LogP contribution in [-0.2, 0) is 5.75 Å². The molecule has 0 N–H and O–H groups in total. The van der Waals surface area contributed by atoms with E-state index in [0.29, 0.717) is 15.1 Å². The van der Waals surface area contributed by atoms with Crippen LogP contribution in [0.15, 0.2) is 57.9 Å². The van der Waals surface area contributed by atoms with Gasteiger partial charge in [-0.05, 0) is 17.7 Å². The molecule has 0 aliphatic heterocycles. The van der Waals surface area contributed by atoms with E-state index < -0.39 is 6.43 Å². The Balaban J connectivity index is 2.17. The molecule has 0 fully saturated rings. The van der Waals surface area contributed by atoms with Gasteiger partial charge in [0.25, 0.3) is 6.43 Å². The summed E-state index contributed by atoms with van der Waals surface area (Å²) < 4.78 is 26.4. The van der Waals surface area contributed by atoms with E-state index in [2.05, 4.69) is 15.9 Å². The molecular formula is C14H11BrF2S. The zero-order chi connectivity index (χ0) is 13.0. The first-order valence-corrected chi connectivity index (χ1v) is 7.19. The SMILES string of the molecule is FC(F)c1c(Br)cccc1SCc1ccccc1. The third-order valence-electron chi connectivity index (χ3n) is 2.47. The third kappa shape index (κ3) is 3.33. The van der Waals surface area contributed by atoms with Crippen LogP contribution in [0.4, 0.5) is 8.78 Å². The van der Waals surface area contributed by atoms with Crippen molar-refractivity contribution in [1.82, 2.24) is 0 Å². The zero-order valence-electron chi connectivity index (χ0n) is 9.45. The minimum absolute atomic E-state index is 0.0819. The van der Waals surface area contributed by atoms with Gasteiger partial charge in [0.05, 0.1) is 0 Å². The predicted molar refractivity (Wildman–Crippen MR) is 75.1 cm³/mol. The molecule has 2 aromatic carbocycles. The Morgan fingerprint density at radius 3 is 2.39 bits per heavy atom. The molecule has 0 aromatic heterocycles. The zero-order valence-corrected chi connectivity index (χ0v) is 11.8. The number of rotatable bonds is 4. The minimum atomic E-state index is -2.46. The highest BCUT2D eigenvalue weighted by molar-refractivity contribution is 9.10. The second kappa shape index (κ2) is 6.34. The number of hydrogen-bond donors (Lipinski definition) is 0. The summed E-state index contributed by atoms with van der Waals surface area (Å²) in [5.41, 5.74) is 1.21. The molecule has 0 amide bonds. The lowest BCUT2D eigenvalue weighted by Crippen LogP contribution is -1.91. The number of benzene rings is 2.